The van der Waals surface area contributed by atoms with Gasteiger partial charge in [-0.15, -0.1) is 0 Å². The summed E-state index contributed by atoms with van der Waals surface area (Å²) in [5.74, 6) is 6.33. The van der Waals surface area contributed by atoms with Crippen molar-refractivity contribution in [3.05, 3.63) is 0 Å². The van der Waals surface area contributed by atoms with Crippen LogP contribution in [0.4, 0.5) is 0 Å². The average molecular weight is 306 g/mol. The van der Waals surface area contributed by atoms with Crippen LogP contribution >= 0.6 is 11.8 Å². The largest absolute Gasteiger partial charge is 0.392 e. The number of fused-ring (bicyclic) bond motifs is 1. The number of thioether (sulfide) groups is 1. The first-order valence-corrected chi connectivity index (χ1v) is 9.78. The molecule has 0 bridgehead atoms. The number of nitrogens with two attached hydrogens (primary N) is 1. The Kier molecular flexibility index (Phi) is 4.15. The Balaban J connectivity index is 2.32. The molecule has 112 valence electrons. The smallest absolute Gasteiger partial charge is 0.349 e. The fourth-order valence-electron chi connectivity index (χ4n) is 3.40. The van der Waals surface area contributed by atoms with E-state index in [9.17, 15) is 0 Å². The molecule has 0 radical (unpaired) electrons. The molecule has 0 saturated carbocycles. The van der Waals surface area contributed by atoms with Crippen molar-refractivity contribution < 1.29 is 13.7 Å². The third-order valence-electron chi connectivity index (χ3n) is 4.11. The highest BCUT2D eigenvalue weighted by Gasteiger charge is 2.63. The lowest BCUT2D eigenvalue weighted by atomic mass is 10.2. The highest BCUT2D eigenvalue weighted by atomic mass is 32.2. The normalized spacial score (nSPS) is 35.2. The Morgan fingerprint density at radius 3 is 2.21 bits per heavy atom. The van der Waals surface area contributed by atoms with E-state index in [2.05, 4.69) is 41.5 Å². The highest BCUT2D eigenvalue weighted by Crippen LogP contribution is 2.56. The summed E-state index contributed by atoms with van der Waals surface area (Å²) >= 11 is 1.85. The molecule has 0 aromatic carbocycles. The van der Waals surface area contributed by atoms with Gasteiger partial charge in [-0.2, -0.15) is 11.8 Å². The lowest BCUT2D eigenvalue weighted by Crippen LogP contribution is -2.65. The van der Waals surface area contributed by atoms with Crippen LogP contribution in [0.25, 0.3) is 0 Å². The summed E-state index contributed by atoms with van der Waals surface area (Å²) in [7, 11) is -2.38. The van der Waals surface area contributed by atoms with Crippen LogP contribution in [0.15, 0.2) is 0 Å². The molecule has 0 unspecified atom stereocenters. The number of hydrogen-bond acceptors (Lipinski definition) is 5. The van der Waals surface area contributed by atoms with Crippen LogP contribution in [0.1, 0.15) is 41.5 Å². The van der Waals surface area contributed by atoms with Gasteiger partial charge in [0.2, 0.25) is 0 Å². The maximum atomic E-state index is 6.62. The van der Waals surface area contributed by atoms with Crippen molar-refractivity contribution >= 4 is 20.3 Å². The zero-order valence-corrected chi connectivity index (χ0v) is 14.7. The van der Waals surface area contributed by atoms with E-state index in [0.717, 1.165) is 12.4 Å². The molecule has 0 aromatic rings. The van der Waals surface area contributed by atoms with Gasteiger partial charge in [0, 0.05) is 15.8 Å². The number of rotatable bonds is 1. The van der Waals surface area contributed by atoms with Crippen LogP contribution in [0.2, 0.25) is 10.1 Å². The molecular weight excluding hydrogens is 278 g/mol. The highest BCUT2D eigenvalue weighted by molar-refractivity contribution is 8.00. The van der Waals surface area contributed by atoms with E-state index >= 15 is 0 Å². The fourth-order valence-corrected chi connectivity index (χ4v) is 9.91. The molecule has 2 aliphatic heterocycles. The Hall–Kier alpha value is 0.407. The predicted octanol–water partition coefficient (Wildman–Crippen LogP) is 2.82. The van der Waals surface area contributed by atoms with E-state index in [4.69, 9.17) is 19.6 Å². The van der Waals surface area contributed by atoms with E-state index in [1.165, 1.54) is 0 Å². The number of hydrogen-bond donors (Lipinski definition) is 1. The zero-order chi connectivity index (χ0) is 14.5. The molecule has 19 heavy (non-hydrogen) atoms. The van der Waals surface area contributed by atoms with Crippen molar-refractivity contribution in [2.45, 2.75) is 69.1 Å². The van der Waals surface area contributed by atoms with Gasteiger partial charge in [0.15, 0.2) is 0 Å². The quantitative estimate of drug-likeness (QED) is 0.596. The van der Waals surface area contributed by atoms with Gasteiger partial charge in [-0.1, -0.05) is 41.5 Å². The summed E-state index contributed by atoms with van der Waals surface area (Å²) in [6, 6.07) is 0. The summed E-state index contributed by atoms with van der Waals surface area (Å²) in [6.45, 7) is 14.1. The minimum absolute atomic E-state index is 0.00419. The minimum atomic E-state index is -2.38. The second kappa shape index (κ2) is 5.00. The van der Waals surface area contributed by atoms with E-state index in [0.29, 0.717) is 5.25 Å². The van der Waals surface area contributed by atoms with E-state index in [1.54, 1.807) is 0 Å². The first-order valence-electron chi connectivity index (χ1n) is 6.91. The maximum Gasteiger partial charge on any atom is 0.349 e. The van der Waals surface area contributed by atoms with E-state index < -0.39 is 8.56 Å². The summed E-state index contributed by atoms with van der Waals surface area (Å²) < 4.78 is 13.0. The maximum absolute atomic E-state index is 6.62. The van der Waals surface area contributed by atoms with Crippen LogP contribution in [0, 0.1) is 0 Å². The summed E-state index contributed by atoms with van der Waals surface area (Å²) in [4.78, 5) is 5.12. The van der Waals surface area contributed by atoms with Gasteiger partial charge in [0.25, 0.3) is 0 Å². The molecule has 2 rings (SSSR count). The van der Waals surface area contributed by atoms with Crippen LogP contribution in [0.3, 0.4) is 0 Å². The second-order valence-corrected chi connectivity index (χ2v) is 13.6. The zero-order valence-electron chi connectivity index (χ0n) is 12.9. The molecular formula is C13H27NO3SSi. The SMILES string of the molecule is CC(C)(C)[Si]1(C(C)(C)C)OC[C@H]2SC[C@H](ON)[C@@H]2O1. The van der Waals surface area contributed by atoms with Gasteiger partial charge in [0.05, 0.1) is 18.0 Å². The standard InChI is InChI=1S/C13H27NO3SSi/c1-12(2,3)19(13(4,5)6)15-7-10-11(17-19)9(16-14)8-18-10/h9-11H,7-8,14H2,1-6H3/t9-,10+,11-/m0/s1. The average Bonchev–Trinajstić information content (AvgIpc) is 2.67. The first-order chi connectivity index (χ1) is 8.62. The van der Waals surface area contributed by atoms with E-state index in [1.807, 2.05) is 11.8 Å². The van der Waals surface area contributed by atoms with Crippen LogP contribution in [0.5, 0.6) is 0 Å². The fraction of sp³-hybridized carbons (Fsp3) is 1.00. The minimum Gasteiger partial charge on any atom is -0.392 e. The molecule has 2 heterocycles. The van der Waals surface area contributed by atoms with Crippen molar-refractivity contribution in [2.24, 2.45) is 5.90 Å². The molecule has 6 heteroatoms. The van der Waals surface area contributed by atoms with Crippen molar-refractivity contribution in [3.63, 3.8) is 0 Å². The molecule has 0 aliphatic carbocycles. The van der Waals surface area contributed by atoms with Gasteiger partial charge >= 0.3 is 8.56 Å². The lowest BCUT2D eigenvalue weighted by molar-refractivity contribution is -0.0573. The Morgan fingerprint density at radius 2 is 1.74 bits per heavy atom. The molecule has 2 N–H and O–H groups in total. The van der Waals surface area contributed by atoms with Crippen molar-refractivity contribution in [1.29, 1.82) is 0 Å². The summed E-state index contributed by atoms with van der Waals surface area (Å²) in [5, 5.41) is 0.393. The predicted molar refractivity (Wildman–Crippen MR) is 81.3 cm³/mol. The molecule has 3 atom stereocenters. The monoisotopic (exact) mass is 305 g/mol. The Morgan fingerprint density at radius 1 is 1.16 bits per heavy atom. The van der Waals surface area contributed by atoms with Gasteiger partial charge in [-0.25, -0.2) is 5.90 Å². The first kappa shape index (κ1) is 15.8. The molecule has 2 saturated heterocycles. The van der Waals surface area contributed by atoms with E-state index in [-0.39, 0.29) is 22.3 Å². The molecule has 2 aliphatic rings. The molecule has 0 amide bonds. The second-order valence-electron chi connectivity index (χ2n) is 7.56. The molecule has 2 fully saturated rings. The molecule has 0 spiro atoms. The van der Waals surface area contributed by atoms with Gasteiger partial charge in [0.1, 0.15) is 6.10 Å². The van der Waals surface area contributed by atoms with Crippen molar-refractivity contribution in [2.75, 3.05) is 12.4 Å². The van der Waals surface area contributed by atoms with Gasteiger partial charge in [-0.3, -0.25) is 4.84 Å². The molecule has 0 aromatic heterocycles. The topological polar surface area (TPSA) is 53.7 Å². The Bertz CT molecular complexity index is 320. The van der Waals surface area contributed by atoms with Crippen LogP contribution in [-0.2, 0) is 13.7 Å². The lowest BCUT2D eigenvalue weighted by Gasteiger charge is -2.54. The third-order valence-corrected chi connectivity index (χ3v) is 10.6. The van der Waals surface area contributed by atoms with Crippen molar-refractivity contribution in [3.8, 4) is 0 Å². The Labute approximate surface area is 121 Å². The van der Waals surface area contributed by atoms with Gasteiger partial charge < -0.3 is 8.85 Å². The summed E-state index contributed by atoms with van der Waals surface area (Å²) in [5.41, 5.74) is 0. The third kappa shape index (κ3) is 2.51. The molecule has 4 nitrogen and oxygen atoms in total. The summed E-state index contributed by atoms with van der Waals surface area (Å²) in [6.07, 6.45) is 0.0735. The van der Waals surface area contributed by atoms with Gasteiger partial charge in [-0.05, 0) is 0 Å². The van der Waals surface area contributed by atoms with Crippen LogP contribution < -0.4 is 5.90 Å². The van der Waals surface area contributed by atoms with Crippen LogP contribution in [-0.4, -0.2) is 38.4 Å². The van der Waals surface area contributed by atoms with Crippen molar-refractivity contribution in [1.82, 2.24) is 0 Å².